The molecular formula is C14H20FN3O2. The van der Waals surface area contributed by atoms with Crippen molar-refractivity contribution in [2.24, 2.45) is 0 Å². The topological polar surface area (TPSA) is 61.4 Å². The molecule has 5 nitrogen and oxygen atoms in total. The first kappa shape index (κ1) is 16.1. The molecule has 1 rings (SSSR count). The number of amides is 2. The maximum Gasteiger partial charge on any atom is 0.238 e. The fourth-order valence-electron chi connectivity index (χ4n) is 1.67. The molecule has 1 aromatic rings. The molecule has 0 saturated heterocycles. The number of likely N-dealkylation sites (N-methyl/N-ethyl adjacent to an activating group) is 2. The van der Waals surface area contributed by atoms with Crippen LogP contribution in [0.5, 0.6) is 0 Å². The summed E-state index contributed by atoms with van der Waals surface area (Å²) in [5.41, 5.74) is 0.533. The Morgan fingerprint density at radius 3 is 2.25 bits per heavy atom. The molecule has 6 heteroatoms. The average Bonchev–Trinajstić information content (AvgIpc) is 2.41. The molecular weight excluding hydrogens is 261 g/mol. The van der Waals surface area contributed by atoms with Crippen LogP contribution in [0.25, 0.3) is 0 Å². The van der Waals surface area contributed by atoms with Crippen molar-refractivity contribution in [1.29, 1.82) is 0 Å². The van der Waals surface area contributed by atoms with Gasteiger partial charge in [-0.25, -0.2) is 4.39 Å². The Labute approximate surface area is 118 Å². The summed E-state index contributed by atoms with van der Waals surface area (Å²) in [5, 5.41) is 5.35. The van der Waals surface area contributed by atoms with Crippen LogP contribution in [-0.4, -0.2) is 42.9 Å². The van der Waals surface area contributed by atoms with E-state index in [0.717, 1.165) is 0 Å². The van der Waals surface area contributed by atoms with Gasteiger partial charge < -0.3 is 10.6 Å². The van der Waals surface area contributed by atoms with Gasteiger partial charge in [-0.2, -0.15) is 0 Å². The lowest BCUT2D eigenvalue weighted by atomic mass is 10.3. The molecule has 0 unspecified atom stereocenters. The van der Waals surface area contributed by atoms with Crippen LogP contribution in [0.4, 0.5) is 10.1 Å². The van der Waals surface area contributed by atoms with Crippen LogP contribution >= 0.6 is 0 Å². The van der Waals surface area contributed by atoms with Crippen molar-refractivity contribution in [3.63, 3.8) is 0 Å². The third kappa shape index (κ3) is 5.79. The van der Waals surface area contributed by atoms with Gasteiger partial charge >= 0.3 is 0 Å². The summed E-state index contributed by atoms with van der Waals surface area (Å²) in [6, 6.07) is 5.55. The van der Waals surface area contributed by atoms with Gasteiger partial charge in [-0.3, -0.25) is 14.5 Å². The van der Waals surface area contributed by atoms with Crippen molar-refractivity contribution in [1.82, 2.24) is 10.2 Å². The normalized spacial score (nSPS) is 10.4. The number of nitrogens with one attached hydrogen (secondary N) is 2. The zero-order valence-corrected chi connectivity index (χ0v) is 11.8. The molecule has 0 radical (unpaired) electrons. The number of carbonyl (C=O) groups excluding carboxylic acids is 2. The van der Waals surface area contributed by atoms with E-state index >= 15 is 0 Å². The summed E-state index contributed by atoms with van der Waals surface area (Å²) in [7, 11) is 0. The van der Waals surface area contributed by atoms with Gasteiger partial charge in [0.05, 0.1) is 13.1 Å². The highest BCUT2D eigenvalue weighted by molar-refractivity contribution is 5.92. The summed E-state index contributed by atoms with van der Waals surface area (Å²) >= 11 is 0. The Morgan fingerprint density at radius 2 is 1.70 bits per heavy atom. The minimum Gasteiger partial charge on any atom is -0.355 e. The Morgan fingerprint density at radius 1 is 1.10 bits per heavy atom. The Hall–Kier alpha value is -1.95. The van der Waals surface area contributed by atoms with E-state index < -0.39 is 0 Å². The smallest absolute Gasteiger partial charge is 0.238 e. The third-order valence-corrected chi connectivity index (χ3v) is 2.68. The summed E-state index contributed by atoms with van der Waals surface area (Å²) in [5.74, 6) is -0.693. The lowest BCUT2D eigenvalue weighted by Gasteiger charge is -2.19. The monoisotopic (exact) mass is 281 g/mol. The summed E-state index contributed by atoms with van der Waals surface area (Å²) in [4.78, 5) is 25.0. The van der Waals surface area contributed by atoms with E-state index in [-0.39, 0.29) is 30.7 Å². The predicted octanol–water partition coefficient (Wildman–Crippen LogP) is 1.22. The highest BCUT2D eigenvalue weighted by Crippen LogP contribution is 2.08. The molecule has 0 aliphatic heterocycles. The second kappa shape index (κ2) is 8.27. The fraction of sp³-hybridized carbons (Fsp3) is 0.429. The average molecular weight is 281 g/mol. The standard InChI is InChI=1S/C14H20FN3O2/c1-3-16-13(19)9-18(4-2)10-14(20)17-12-7-5-11(15)6-8-12/h5-8H,3-4,9-10H2,1-2H3,(H,16,19)(H,17,20). The third-order valence-electron chi connectivity index (χ3n) is 2.68. The van der Waals surface area contributed by atoms with Crippen molar-refractivity contribution in [3.05, 3.63) is 30.1 Å². The number of nitrogens with zero attached hydrogens (tertiary/aromatic N) is 1. The number of hydrogen-bond acceptors (Lipinski definition) is 3. The molecule has 0 atom stereocenters. The molecule has 0 heterocycles. The van der Waals surface area contributed by atoms with E-state index in [4.69, 9.17) is 0 Å². The van der Waals surface area contributed by atoms with Gasteiger partial charge in [0.2, 0.25) is 11.8 Å². The first-order chi connectivity index (χ1) is 9.55. The molecule has 20 heavy (non-hydrogen) atoms. The SMILES string of the molecule is CCNC(=O)CN(CC)CC(=O)Nc1ccc(F)cc1. The van der Waals surface area contributed by atoms with Crippen LogP contribution in [0.15, 0.2) is 24.3 Å². The lowest BCUT2D eigenvalue weighted by molar-refractivity contribution is -0.123. The zero-order chi connectivity index (χ0) is 15.0. The van der Waals surface area contributed by atoms with E-state index in [1.54, 1.807) is 4.90 Å². The second-order valence-corrected chi connectivity index (χ2v) is 4.31. The van der Waals surface area contributed by atoms with Crippen LogP contribution in [0.1, 0.15) is 13.8 Å². The highest BCUT2D eigenvalue weighted by Gasteiger charge is 2.12. The number of carbonyl (C=O) groups is 2. The maximum absolute atomic E-state index is 12.7. The number of benzene rings is 1. The summed E-state index contributed by atoms with van der Waals surface area (Å²) in [6.45, 7) is 5.18. The molecule has 0 saturated carbocycles. The number of hydrogen-bond donors (Lipinski definition) is 2. The molecule has 0 bridgehead atoms. The van der Waals surface area contributed by atoms with Gasteiger partial charge in [-0.1, -0.05) is 6.92 Å². The Bertz CT molecular complexity index is 448. The first-order valence-corrected chi connectivity index (χ1v) is 6.59. The van der Waals surface area contributed by atoms with Crippen LogP contribution in [-0.2, 0) is 9.59 Å². The van der Waals surface area contributed by atoms with Crippen LogP contribution in [0, 0.1) is 5.82 Å². The predicted molar refractivity (Wildman–Crippen MR) is 75.8 cm³/mol. The highest BCUT2D eigenvalue weighted by atomic mass is 19.1. The lowest BCUT2D eigenvalue weighted by Crippen LogP contribution is -2.41. The largest absolute Gasteiger partial charge is 0.355 e. The molecule has 0 aliphatic carbocycles. The first-order valence-electron chi connectivity index (χ1n) is 6.59. The van der Waals surface area contributed by atoms with Crippen molar-refractivity contribution in [2.45, 2.75) is 13.8 Å². The van der Waals surface area contributed by atoms with Gasteiger partial charge in [0.25, 0.3) is 0 Å². The molecule has 0 aromatic heterocycles. The number of anilines is 1. The minimum atomic E-state index is -0.352. The quantitative estimate of drug-likeness (QED) is 0.790. The van der Waals surface area contributed by atoms with Gasteiger partial charge in [-0.05, 0) is 37.7 Å². The molecule has 0 aliphatic rings. The molecule has 110 valence electrons. The van der Waals surface area contributed by atoms with Crippen molar-refractivity contribution in [2.75, 3.05) is 31.5 Å². The summed E-state index contributed by atoms with van der Waals surface area (Å²) < 4.78 is 12.7. The maximum atomic E-state index is 12.7. The fourth-order valence-corrected chi connectivity index (χ4v) is 1.67. The number of halogens is 1. The van der Waals surface area contributed by atoms with Crippen LogP contribution in [0.3, 0.4) is 0 Å². The van der Waals surface area contributed by atoms with Crippen LogP contribution < -0.4 is 10.6 Å². The molecule has 0 fully saturated rings. The van der Waals surface area contributed by atoms with Gasteiger partial charge in [0.15, 0.2) is 0 Å². The van der Waals surface area contributed by atoms with Crippen LogP contribution in [0.2, 0.25) is 0 Å². The van der Waals surface area contributed by atoms with E-state index in [1.807, 2.05) is 13.8 Å². The second-order valence-electron chi connectivity index (χ2n) is 4.31. The van der Waals surface area contributed by atoms with E-state index in [0.29, 0.717) is 18.8 Å². The zero-order valence-electron chi connectivity index (χ0n) is 11.8. The van der Waals surface area contributed by atoms with Gasteiger partial charge in [0.1, 0.15) is 5.82 Å². The van der Waals surface area contributed by atoms with E-state index in [9.17, 15) is 14.0 Å². The van der Waals surface area contributed by atoms with E-state index in [1.165, 1.54) is 24.3 Å². The minimum absolute atomic E-state index is 0.107. The molecule has 2 N–H and O–H groups in total. The van der Waals surface area contributed by atoms with Gasteiger partial charge in [0, 0.05) is 12.2 Å². The van der Waals surface area contributed by atoms with Crippen molar-refractivity contribution < 1.29 is 14.0 Å². The van der Waals surface area contributed by atoms with Crippen molar-refractivity contribution in [3.8, 4) is 0 Å². The summed E-state index contributed by atoms with van der Waals surface area (Å²) in [6.07, 6.45) is 0. The van der Waals surface area contributed by atoms with Gasteiger partial charge in [-0.15, -0.1) is 0 Å². The molecule has 1 aromatic carbocycles. The van der Waals surface area contributed by atoms with E-state index in [2.05, 4.69) is 10.6 Å². The number of rotatable bonds is 7. The molecule has 0 spiro atoms. The Kier molecular flexibility index (Phi) is 6.66. The molecule has 2 amide bonds. The van der Waals surface area contributed by atoms with Crippen molar-refractivity contribution >= 4 is 17.5 Å². The Balaban J connectivity index is 2.46.